The molecule has 0 aliphatic heterocycles. The van der Waals surface area contributed by atoms with Crippen LogP contribution in [0.5, 0.6) is 5.75 Å². The Kier molecular flexibility index (Phi) is 5.71. The van der Waals surface area contributed by atoms with Crippen LogP contribution in [0, 0.1) is 12.3 Å². The quantitative estimate of drug-likeness (QED) is 0.712. The van der Waals surface area contributed by atoms with Crippen molar-refractivity contribution in [2.45, 2.75) is 26.2 Å². The van der Waals surface area contributed by atoms with Gasteiger partial charge in [-0.25, -0.2) is 0 Å². The Morgan fingerprint density at radius 2 is 1.81 bits per heavy atom. The van der Waals surface area contributed by atoms with E-state index in [-0.39, 0.29) is 11.8 Å². The third-order valence-electron chi connectivity index (χ3n) is 4.91. The molecule has 0 radical (unpaired) electrons. The SMILES string of the molecule is COc1ccc(CCNC(=O)C2(C(=O)Nc3ccc(Cl)cc3C)CC2)cc1. The first-order chi connectivity index (χ1) is 12.9. The van der Waals surface area contributed by atoms with E-state index in [0.29, 0.717) is 36.5 Å². The van der Waals surface area contributed by atoms with E-state index in [1.165, 1.54) is 0 Å². The zero-order chi connectivity index (χ0) is 19.4. The molecule has 1 aliphatic rings. The Labute approximate surface area is 164 Å². The predicted octanol–water partition coefficient (Wildman–Crippen LogP) is 3.73. The summed E-state index contributed by atoms with van der Waals surface area (Å²) in [6.07, 6.45) is 1.84. The van der Waals surface area contributed by atoms with Crippen molar-refractivity contribution in [3.63, 3.8) is 0 Å². The van der Waals surface area contributed by atoms with Crippen molar-refractivity contribution in [2.75, 3.05) is 19.0 Å². The number of aryl methyl sites for hydroxylation is 1. The van der Waals surface area contributed by atoms with Crippen LogP contribution in [-0.4, -0.2) is 25.5 Å². The molecule has 6 heteroatoms. The van der Waals surface area contributed by atoms with Gasteiger partial charge >= 0.3 is 0 Å². The molecule has 2 amide bonds. The normalized spacial score (nSPS) is 14.3. The fraction of sp³-hybridized carbons (Fsp3) is 0.333. The lowest BCUT2D eigenvalue weighted by atomic mass is 10.0. The van der Waals surface area contributed by atoms with Crippen LogP contribution in [0.3, 0.4) is 0 Å². The van der Waals surface area contributed by atoms with Crippen molar-refractivity contribution in [1.29, 1.82) is 0 Å². The molecular formula is C21H23ClN2O3. The molecule has 1 saturated carbocycles. The Bertz CT molecular complexity index is 845. The topological polar surface area (TPSA) is 67.4 Å². The summed E-state index contributed by atoms with van der Waals surface area (Å²) in [5.74, 6) is 0.337. The van der Waals surface area contributed by atoms with E-state index >= 15 is 0 Å². The first kappa shape index (κ1) is 19.2. The number of carbonyl (C=O) groups excluding carboxylic acids is 2. The van der Waals surface area contributed by atoms with Crippen molar-refractivity contribution in [3.05, 3.63) is 58.6 Å². The highest BCUT2D eigenvalue weighted by Gasteiger charge is 2.56. The van der Waals surface area contributed by atoms with E-state index in [1.807, 2.05) is 31.2 Å². The molecule has 3 rings (SSSR count). The minimum absolute atomic E-state index is 0.208. The van der Waals surface area contributed by atoms with Gasteiger partial charge in [0.05, 0.1) is 7.11 Å². The minimum atomic E-state index is -0.952. The van der Waals surface area contributed by atoms with Gasteiger partial charge in [-0.1, -0.05) is 23.7 Å². The average molecular weight is 387 g/mol. The van der Waals surface area contributed by atoms with Crippen LogP contribution in [0.1, 0.15) is 24.0 Å². The maximum Gasteiger partial charge on any atom is 0.240 e. The van der Waals surface area contributed by atoms with E-state index < -0.39 is 5.41 Å². The molecule has 2 aromatic rings. The predicted molar refractivity (Wildman–Crippen MR) is 106 cm³/mol. The number of halogens is 1. The van der Waals surface area contributed by atoms with Crippen LogP contribution in [0.25, 0.3) is 0 Å². The minimum Gasteiger partial charge on any atom is -0.497 e. The summed E-state index contributed by atoms with van der Waals surface area (Å²) >= 11 is 5.95. The monoisotopic (exact) mass is 386 g/mol. The second kappa shape index (κ2) is 8.01. The first-order valence-electron chi connectivity index (χ1n) is 8.93. The van der Waals surface area contributed by atoms with Gasteiger partial charge in [-0.05, 0) is 67.6 Å². The van der Waals surface area contributed by atoms with Crippen molar-refractivity contribution in [3.8, 4) is 5.75 Å². The summed E-state index contributed by atoms with van der Waals surface area (Å²) < 4.78 is 5.13. The van der Waals surface area contributed by atoms with Crippen LogP contribution in [-0.2, 0) is 16.0 Å². The maximum absolute atomic E-state index is 12.7. The third kappa shape index (κ3) is 4.42. The van der Waals surface area contributed by atoms with E-state index in [4.69, 9.17) is 16.3 Å². The smallest absolute Gasteiger partial charge is 0.240 e. The van der Waals surface area contributed by atoms with E-state index in [1.54, 1.807) is 25.3 Å². The third-order valence-corrected chi connectivity index (χ3v) is 5.15. The summed E-state index contributed by atoms with van der Waals surface area (Å²) in [6, 6.07) is 13.0. The highest BCUT2D eigenvalue weighted by atomic mass is 35.5. The molecule has 27 heavy (non-hydrogen) atoms. The van der Waals surface area contributed by atoms with Crippen LogP contribution >= 0.6 is 11.6 Å². The number of hydrogen-bond donors (Lipinski definition) is 2. The largest absolute Gasteiger partial charge is 0.497 e. The number of amides is 2. The molecule has 0 atom stereocenters. The molecule has 0 unspecified atom stereocenters. The van der Waals surface area contributed by atoms with Gasteiger partial charge < -0.3 is 15.4 Å². The molecule has 0 bridgehead atoms. The Balaban J connectivity index is 1.54. The Hall–Kier alpha value is -2.53. The van der Waals surface area contributed by atoms with Crippen LogP contribution in [0.4, 0.5) is 5.69 Å². The molecule has 2 N–H and O–H groups in total. The number of hydrogen-bond acceptors (Lipinski definition) is 3. The van der Waals surface area contributed by atoms with Crippen molar-refractivity contribution < 1.29 is 14.3 Å². The van der Waals surface area contributed by atoms with Gasteiger partial charge in [-0.15, -0.1) is 0 Å². The Morgan fingerprint density at radius 1 is 1.11 bits per heavy atom. The molecule has 0 aromatic heterocycles. The lowest BCUT2D eigenvalue weighted by Crippen LogP contribution is -2.40. The fourth-order valence-corrected chi connectivity index (χ4v) is 3.20. The van der Waals surface area contributed by atoms with Gasteiger partial charge in [0.15, 0.2) is 0 Å². The molecule has 142 valence electrons. The van der Waals surface area contributed by atoms with E-state index in [0.717, 1.165) is 16.9 Å². The molecule has 0 heterocycles. The van der Waals surface area contributed by atoms with Gasteiger partial charge in [-0.3, -0.25) is 9.59 Å². The maximum atomic E-state index is 12.7. The summed E-state index contributed by atoms with van der Waals surface area (Å²) in [5, 5.41) is 6.38. The average Bonchev–Trinajstić information content (AvgIpc) is 3.46. The molecule has 0 saturated heterocycles. The Morgan fingerprint density at radius 3 is 2.41 bits per heavy atom. The fourth-order valence-electron chi connectivity index (χ4n) is 2.97. The second-order valence-electron chi connectivity index (χ2n) is 6.85. The summed E-state index contributed by atoms with van der Waals surface area (Å²) in [6.45, 7) is 2.36. The van der Waals surface area contributed by atoms with Crippen LogP contribution < -0.4 is 15.4 Å². The number of ether oxygens (including phenoxy) is 1. The van der Waals surface area contributed by atoms with Gasteiger partial charge in [-0.2, -0.15) is 0 Å². The van der Waals surface area contributed by atoms with Gasteiger partial charge in [0.1, 0.15) is 11.2 Å². The number of anilines is 1. The zero-order valence-electron chi connectivity index (χ0n) is 15.5. The highest BCUT2D eigenvalue weighted by Crippen LogP contribution is 2.47. The first-order valence-corrected chi connectivity index (χ1v) is 9.31. The van der Waals surface area contributed by atoms with Crippen molar-refractivity contribution in [1.82, 2.24) is 5.32 Å². The van der Waals surface area contributed by atoms with Gasteiger partial charge in [0.2, 0.25) is 11.8 Å². The summed E-state index contributed by atoms with van der Waals surface area (Å²) in [5.41, 5.74) is 1.70. The van der Waals surface area contributed by atoms with Gasteiger partial charge in [0, 0.05) is 17.3 Å². The number of nitrogens with one attached hydrogen (secondary N) is 2. The van der Waals surface area contributed by atoms with E-state index in [2.05, 4.69) is 10.6 Å². The lowest BCUT2D eigenvalue weighted by molar-refractivity contribution is -0.134. The molecule has 1 fully saturated rings. The van der Waals surface area contributed by atoms with Crippen LogP contribution in [0.2, 0.25) is 5.02 Å². The van der Waals surface area contributed by atoms with Crippen molar-refractivity contribution in [2.24, 2.45) is 5.41 Å². The molecule has 0 spiro atoms. The number of carbonyl (C=O) groups is 2. The molecule has 1 aliphatic carbocycles. The lowest BCUT2D eigenvalue weighted by Gasteiger charge is -2.16. The highest BCUT2D eigenvalue weighted by molar-refractivity contribution is 6.30. The second-order valence-corrected chi connectivity index (χ2v) is 7.29. The number of rotatable bonds is 7. The van der Waals surface area contributed by atoms with E-state index in [9.17, 15) is 9.59 Å². The molecule has 2 aromatic carbocycles. The molecule has 5 nitrogen and oxygen atoms in total. The van der Waals surface area contributed by atoms with Crippen molar-refractivity contribution >= 4 is 29.1 Å². The zero-order valence-corrected chi connectivity index (χ0v) is 16.2. The van der Waals surface area contributed by atoms with Crippen LogP contribution in [0.15, 0.2) is 42.5 Å². The number of benzene rings is 2. The summed E-state index contributed by atoms with van der Waals surface area (Å²) in [7, 11) is 1.63. The molecular weight excluding hydrogens is 364 g/mol. The number of methoxy groups -OCH3 is 1. The standard InChI is InChI=1S/C21H23ClN2O3/c1-14-13-16(22)5-8-18(14)24-20(26)21(10-11-21)19(25)23-12-9-15-3-6-17(27-2)7-4-15/h3-8,13H,9-12H2,1-2H3,(H,23,25)(H,24,26). The van der Waals surface area contributed by atoms with Gasteiger partial charge in [0.25, 0.3) is 0 Å². The summed E-state index contributed by atoms with van der Waals surface area (Å²) in [4.78, 5) is 25.2.